The molecule has 0 aromatic carbocycles. The predicted molar refractivity (Wildman–Crippen MR) is 53.5 cm³/mol. The zero-order valence-electron chi connectivity index (χ0n) is 7.89. The Labute approximate surface area is 83.9 Å². The normalized spacial score (nSPS) is 40.5. The van der Waals surface area contributed by atoms with E-state index < -0.39 is 9.84 Å². The maximum absolute atomic E-state index is 11.1. The lowest BCUT2D eigenvalue weighted by Gasteiger charge is -2.19. The van der Waals surface area contributed by atoms with E-state index in [-0.39, 0.29) is 23.9 Å². The summed E-state index contributed by atoms with van der Waals surface area (Å²) in [4.78, 5) is 0. The number of hydrogen-bond acceptors (Lipinski definition) is 4. The second-order valence-corrected chi connectivity index (χ2v) is 5.97. The van der Waals surface area contributed by atoms with Gasteiger partial charge in [0, 0.05) is 17.5 Å². The Morgan fingerprint density at radius 1 is 1.36 bits per heavy atom. The Morgan fingerprint density at radius 3 is 2.64 bits per heavy atom. The third-order valence-electron chi connectivity index (χ3n) is 2.84. The van der Waals surface area contributed by atoms with Crippen LogP contribution in [0.5, 0.6) is 0 Å². The van der Waals surface area contributed by atoms with E-state index in [2.05, 4.69) is 5.32 Å². The highest BCUT2D eigenvalue weighted by Gasteiger charge is 2.29. The molecule has 3 atom stereocenters. The van der Waals surface area contributed by atoms with E-state index in [0.717, 1.165) is 19.3 Å². The maximum Gasteiger partial charge on any atom is 0.173 e. The molecule has 1 saturated carbocycles. The van der Waals surface area contributed by atoms with Gasteiger partial charge in [0.1, 0.15) is 0 Å². The van der Waals surface area contributed by atoms with Crippen LogP contribution in [0.15, 0.2) is 11.5 Å². The van der Waals surface area contributed by atoms with Gasteiger partial charge in [-0.1, -0.05) is 6.08 Å². The zero-order chi connectivity index (χ0) is 10.2. The van der Waals surface area contributed by atoms with Gasteiger partial charge in [0.05, 0.1) is 11.9 Å². The first-order valence-electron chi connectivity index (χ1n) is 4.92. The molecule has 0 spiro atoms. The molecule has 0 aromatic rings. The summed E-state index contributed by atoms with van der Waals surface area (Å²) in [6, 6.07) is -0.0456. The van der Waals surface area contributed by atoms with Gasteiger partial charge in [-0.25, -0.2) is 8.42 Å². The molecular formula is C9H15NO3S. The van der Waals surface area contributed by atoms with Crippen molar-refractivity contribution in [1.29, 1.82) is 0 Å². The molecule has 2 aliphatic rings. The molecule has 2 N–H and O–H groups in total. The fourth-order valence-electron chi connectivity index (χ4n) is 2.09. The minimum absolute atomic E-state index is 0.0675. The topological polar surface area (TPSA) is 66.4 Å². The summed E-state index contributed by atoms with van der Waals surface area (Å²) < 4.78 is 22.2. The number of hydrogen-bond donors (Lipinski definition) is 2. The van der Waals surface area contributed by atoms with Gasteiger partial charge in [-0.15, -0.1) is 0 Å². The van der Waals surface area contributed by atoms with Crippen molar-refractivity contribution in [3.05, 3.63) is 11.5 Å². The SMILES string of the molecule is O=S1(=O)C=CC(N[C@H]2CCC[C@@H]2O)C1. The van der Waals surface area contributed by atoms with Crippen molar-refractivity contribution in [2.24, 2.45) is 0 Å². The molecule has 0 radical (unpaired) electrons. The number of nitrogens with one attached hydrogen (secondary N) is 1. The molecule has 1 aliphatic heterocycles. The largest absolute Gasteiger partial charge is 0.392 e. The highest BCUT2D eigenvalue weighted by Crippen LogP contribution is 2.20. The summed E-state index contributed by atoms with van der Waals surface area (Å²) in [6.45, 7) is 0. The third-order valence-corrected chi connectivity index (χ3v) is 4.23. The van der Waals surface area contributed by atoms with Gasteiger partial charge >= 0.3 is 0 Å². The number of rotatable bonds is 2. The predicted octanol–water partition coefficient (Wildman–Crippen LogP) is -0.200. The third kappa shape index (κ3) is 2.16. The number of sulfone groups is 1. The smallest absolute Gasteiger partial charge is 0.173 e. The minimum Gasteiger partial charge on any atom is -0.392 e. The van der Waals surface area contributed by atoms with Crippen LogP contribution in [0.25, 0.3) is 0 Å². The van der Waals surface area contributed by atoms with Crippen molar-refractivity contribution in [2.75, 3.05) is 5.75 Å². The maximum atomic E-state index is 11.1. The molecule has 0 bridgehead atoms. The van der Waals surface area contributed by atoms with Crippen molar-refractivity contribution in [1.82, 2.24) is 5.32 Å². The average Bonchev–Trinajstić information content (AvgIpc) is 2.61. The van der Waals surface area contributed by atoms with Crippen LogP contribution in [0.4, 0.5) is 0 Å². The van der Waals surface area contributed by atoms with Crippen LogP contribution in [0.2, 0.25) is 0 Å². The first-order chi connectivity index (χ1) is 6.57. The van der Waals surface area contributed by atoms with Crippen molar-refractivity contribution < 1.29 is 13.5 Å². The van der Waals surface area contributed by atoms with Crippen LogP contribution in [0.3, 0.4) is 0 Å². The monoisotopic (exact) mass is 217 g/mol. The van der Waals surface area contributed by atoms with Gasteiger partial charge < -0.3 is 10.4 Å². The van der Waals surface area contributed by atoms with Gasteiger partial charge in [-0.2, -0.15) is 0 Å². The summed E-state index contributed by atoms with van der Waals surface area (Å²) in [6.07, 6.45) is 4.13. The van der Waals surface area contributed by atoms with Crippen molar-refractivity contribution >= 4 is 9.84 Å². The summed E-state index contributed by atoms with van der Waals surface area (Å²) in [7, 11) is -2.98. The van der Waals surface area contributed by atoms with E-state index >= 15 is 0 Å². The van der Waals surface area contributed by atoms with Crippen molar-refractivity contribution in [3.63, 3.8) is 0 Å². The van der Waals surface area contributed by atoms with E-state index in [1.165, 1.54) is 5.41 Å². The molecule has 2 rings (SSSR count). The molecule has 0 aromatic heterocycles. The van der Waals surface area contributed by atoms with Crippen LogP contribution < -0.4 is 5.32 Å². The summed E-state index contributed by atoms with van der Waals surface area (Å²) in [5.74, 6) is 0.135. The lowest BCUT2D eigenvalue weighted by atomic mass is 10.2. The lowest BCUT2D eigenvalue weighted by Crippen LogP contribution is -2.43. The van der Waals surface area contributed by atoms with Gasteiger partial charge in [0.15, 0.2) is 9.84 Å². The Hall–Kier alpha value is -0.390. The van der Waals surface area contributed by atoms with Gasteiger partial charge in [0.25, 0.3) is 0 Å². The Balaban J connectivity index is 1.91. The molecule has 0 amide bonds. The van der Waals surface area contributed by atoms with Crippen LogP contribution in [0.1, 0.15) is 19.3 Å². The lowest BCUT2D eigenvalue weighted by molar-refractivity contribution is 0.147. The Kier molecular flexibility index (Phi) is 2.64. The summed E-state index contributed by atoms with van der Waals surface area (Å²) >= 11 is 0. The highest BCUT2D eigenvalue weighted by atomic mass is 32.2. The molecule has 80 valence electrons. The molecule has 4 nitrogen and oxygen atoms in total. The first kappa shape index (κ1) is 10.1. The quantitative estimate of drug-likeness (QED) is 0.672. The fraction of sp³-hybridized carbons (Fsp3) is 0.778. The van der Waals surface area contributed by atoms with Crippen molar-refractivity contribution in [2.45, 2.75) is 37.5 Å². The van der Waals surface area contributed by atoms with Crippen LogP contribution in [-0.2, 0) is 9.84 Å². The summed E-state index contributed by atoms with van der Waals surface area (Å²) in [5.41, 5.74) is 0. The average molecular weight is 217 g/mol. The molecule has 1 fully saturated rings. The molecule has 1 unspecified atom stereocenters. The minimum atomic E-state index is -2.98. The molecule has 14 heavy (non-hydrogen) atoms. The number of aliphatic hydroxyl groups excluding tert-OH is 1. The first-order valence-corrected chi connectivity index (χ1v) is 6.63. The zero-order valence-corrected chi connectivity index (χ0v) is 8.70. The molecule has 1 heterocycles. The van der Waals surface area contributed by atoms with Crippen molar-refractivity contribution in [3.8, 4) is 0 Å². The molecular weight excluding hydrogens is 202 g/mol. The van der Waals surface area contributed by atoms with E-state index in [9.17, 15) is 13.5 Å². The molecule has 5 heteroatoms. The van der Waals surface area contributed by atoms with E-state index in [1.807, 2.05) is 0 Å². The summed E-state index contributed by atoms with van der Waals surface area (Å²) in [5, 5.41) is 14.0. The fourth-order valence-corrected chi connectivity index (χ4v) is 3.34. The Morgan fingerprint density at radius 2 is 2.14 bits per heavy atom. The highest BCUT2D eigenvalue weighted by molar-refractivity contribution is 7.94. The van der Waals surface area contributed by atoms with Gasteiger partial charge in [-0.05, 0) is 19.3 Å². The molecule has 0 saturated heterocycles. The Bertz CT molecular complexity index is 336. The van der Waals surface area contributed by atoms with E-state index in [1.54, 1.807) is 6.08 Å². The van der Waals surface area contributed by atoms with Gasteiger partial charge in [-0.3, -0.25) is 0 Å². The van der Waals surface area contributed by atoms with E-state index in [0.29, 0.717) is 0 Å². The van der Waals surface area contributed by atoms with Crippen LogP contribution in [0, 0.1) is 0 Å². The van der Waals surface area contributed by atoms with Crippen LogP contribution in [-0.4, -0.2) is 37.5 Å². The van der Waals surface area contributed by atoms with E-state index in [4.69, 9.17) is 0 Å². The van der Waals surface area contributed by atoms with Gasteiger partial charge in [0.2, 0.25) is 0 Å². The standard InChI is InChI=1S/C9H15NO3S/c11-9-3-1-2-8(9)10-7-4-5-14(12,13)6-7/h4-5,7-11H,1-3,6H2/t7?,8-,9-/m0/s1. The molecule has 1 aliphatic carbocycles. The second kappa shape index (κ2) is 3.64. The van der Waals surface area contributed by atoms with Crippen LogP contribution >= 0.6 is 0 Å². The number of aliphatic hydroxyl groups is 1. The second-order valence-electron chi connectivity index (χ2n) is 4.04.